The highest BCUT2D eigenvalue weighted by Crippen LogP contribution is 2.47. The molecule has 0 saturated heterocycles. The lowest BCUT2D eigenvalue weighted by atomic mass is 9.85. The number of carbonyl (C=O) groups is 2. The van der Waals surface area contributed by atoms with E-state index in [1.165, 1.54) is 38.5 Å². The van der Waals surface area contributed by atoms with Crippen LogP contribution in [-0.2, 0) is 32.7 Å². The number of aliphatic hydroxyl groups excluding tert-OH is 7. The first-order chi connectivity index (χ1) is 31.2. The maximum absolute atomic E-state index is 12.8. The van der Waals surface area contributed by atoms with Crippen LogP contribution in [0.4, 0.5) is 0 Å². The van der Waals surface area contributed by atoms with Gasteiger partial charge in [-0.15, -0.1) is 0 Å². The van der Waals surface area contributed by atoms with Gasteiger partial charge in [-0.1, -0.05) is 132 Å². The molecular weight excluding hydrogens is 859 g/mol. The van der Waals surface area contributed by atoms with Gasteiger partial charge in [-0.3, -0.25) is 18.6 Å². The number of esters is 2. The first kappa shape index (κ1) is 60.5. The van der Waals surface area contributed by atoms with Crippen LogP contribution < -0.4 is 0 Å². The van der Waals surface area contributed by atoms with Crippen LogP contribution in [0, 0.1) is 0 Å². The summed E-state index contributed by atoms with van der Waals surface area (Å²) in [5.41, 5.74) is 0. The number of phosphoric acid groups is 1. The summed E-state index contributed by atoms with van der Waals surface area (Å²) >= 11 is 0. The molecule has 0 radical (unpaired) electrons. The van der Waals surface area contributed by atoms with Crippen LogP contribution in [0.3, 0.4) is 0 Å². The Morgan fingerprint density at radius 3 is 1.52 bits per heavy atom. The first-order valence-corrected chi connectivity index (χ1v) is 25.8. The summed E-state index contributed by atoms with van der Waals surface area (Å²) in [6.45, 7) is 2.99. The van der Waals surface area contributed by atoms with Crippen molar-refractivity contribution in [1.29, 1.82) is 0 Å². The fourth-order valence-corrected chi connectivity index (χ4v) is 7.92. The summed E-state index contributed by atoms with van der Waals surface area (Å²) in [4.78, 5) is 35.8. The average Bonchev–Trinajstić information content (AvgIpc) is 3.28. The predicted octanol–water partition coefficient (Wildman–Crippen LogP) is 7.67. The number of hydrogen-bond acceptors (Lipinski definition) is 14. The minimum atomic E-state index is -5.21. The maximum Gasteiger partial charge on any atom is 0.472 e. The van der Waals surface area contributed by atoms with Crippen molar-refractivity contribution in [1.82, 2.24) is 0 Å². The second-order valence-corrected chi connectivity index (χ2v) is 18.3. The number of allylic oxidation sites excluding steroid dienone is 9. The van der Waals surface area contributed by atoms with Crippen LogP contribution in [0.1, 0.15) is 168 Å². The van der Waals surface area contributed by atoms with Gasteiger partial charge in [0, 0.05) is 12.8 Å². The molecule has 0 spiro atoms. The van der Waals surface area contributed by atoms with Crippen molar-refractivity contribution < 1.29 is 73.3 Å². The third kappa shape index (κ3) is 30.5. The fraction of sp³-hybridized carbons (Fsp3) is 0.755. The topological polar surface area (TPSA) is 250 Å². The Kier molecular flexibility index (Phi) is 35.8. The smallest absolute Gasteiger partial charge is 0.462 e. The minimum absolute atomic E-state index is 0.0670. The molecule has 0 aromatic heterocycles. The molecule has 1 fully saturated rings. The molecular formula is C49H85O15P. The van der Waals surface area contributed by atoms with E-state index in [1.54, 1.807) is 6.08 Å². The zero-order valence-electron chi connectivity index (χ0n) is 39.2. The zero-order valence-corrected chi connectivity index (χ0v) is 40.1. The van der Waals surface area contributed by atoms with Gasteiger partial charge in [0.25, 0.3) is 0 Å². The van der Waals surface area contributed by atoms with Crippen molar-refractivity contribution in [2.75, 3.05) is 13.2 Å². The lowest BCUT2D eigenvalue weighted by Gasteiger charge is -2.41. The van der Waals surface area contributed by atoms with E-state index in [4.69, 9.17) is 18.5 Å². The Hall–Kier alpha value is -2.53. The first-order valence-electron chi connectivity index (χ1n) is 24.3. The summed E-state index contributed by atoms with van der Waals surface area (Å²) in [6.07, 6.45) is 25.5. The van der Waals surface area contributed by atoms with Crippen molar-refractivity contribution in [3.05, 3.63) is 60.8 Å². The number of ether oxygens (including phenoxy) is 2. The van der Waals surface area contributed by atoms with E-state index in [2.05, 4.69) is 56.4 Å². The van der Waals surface area contributed by atoms with Gasteiger partial charge in [-0.05, 0) is 83.5 Å². The van der Waals surface area contributed by atoms with Crippen LogP contribution in [0.5, 0.6) is 0 Å². The zero-order chi connectivity index (χ0) is 48.1. The van der Waals surface area contributed by atoms with Gasteiger partial charge >= 0.3 is 19.8 Å². The van der Waals surface area contributed by atoms with Gasteiger partial charge in [0.1, 0.15) is 43.2 Å². The van der Waals surface area contributed by atoms with Crippen molar-refractivity contribution in [3.8, 4) is 0 Å². The fourth-order valence-electron chi connectivity index (χ4n) is 6.95. The van der Waals surface area contributed by atoms with Crippen LogP contribution in [0.25, 0.3) is 0 Å². The number of phosphoric ester groups is 1. The molecule has 0 aromatic carbocycles. The van der Waals surface area contributed by atoms with Crippen molar-refractivity contribution >= 4 is 19.8 Å². The third-order valence-corrected chi connectivity index (χ3v) is 12.0. The molecule has 65 heavy (non-hydrogen) atoms. The number of hydrogen-bond donors (Lipinski definition) is 8. The lowest BCUT2D eigenvalue weighted by Crippen LogP contribution is -2.64. The van der Waals surface area contributed by atoms with Crippen molar-refractivity contribution in [2.45, 2.75) is 223 Å². The van der Waals surface area contributed by atoms with Crippen molar-refractivity contribution in [3.63, 3.8) is 0 Å². The van der Waals surface area contributed by atoms with E-state index in [9.17, 15) is 54.8 Å². The maximum atomic E-state index is 12.8. The highest BCUT2D eigenvalue weighted by molar-refractivity contribution is 7.47. The van der Waals surface area contributed by atoms with E-state index in [-0.39, 0.29) is 32.1 Å². The summed E-state index contributed by atoms with van der Waals surface area (Å²) in [7, 11) is -5.21. The van der Waals surface area contributed by atoms with E-state index in [0.29, 0.717) is 12.8 Å². The number of aliphatic hydroxyl groups is 7. The summed E-state index contributed by atoms with van der Waals surface area (Å²) in [5.74, 6) is -1.40. The van der Waals surface area contributed by atoms with E-state index in [0.717, 1.165) is 70.6 Å². The van der Waals surface area contributed by atoms with Gasteiger partial charge in [0.15, 0.2) is 6.10 Å². The molecule has 5 unspecified atom stereocenters. The molecule has 0 aromatic rings. The summed E-state index contributed by atoms with van der Waals surface area (Å²) in [5, 5.41) is 71.0. The highest BCUT2D eigenvalue weighted by atomic mass is 31.2. The van der Waals surface area contributed by atoms with E-state index < -0.39 is 87.9 Å². The lowest BCUT2D eigenvalue weighted by molar-refractivity contribution is -0.220. The average molecular weight is 945 g/mol. The molecule has 1 saturated carbocycles. The van der Waals surface area contributed by atoms with Gasteiger partial charge in [0.05, 0.1) is 18.8 Å². The Morgan fingerprint density at radius 1 is 0.538 bits per heavy atom. The van der Waals surface area contributed by atoms with Gasteiger partial charge < -0.3 is 50.1 Å². The van der Waals surface area contributed by atoms with Crippen molar-refractivity contribution in [2.24, 2.45) is 0 Å². The molecule has 15 nitrogen and oxygen atoms in total. The Morgan fingerprint density at radius 2 is 0.985 bits per heavy atom. The summed E-state index contributed by atoms with van der Waals surface area (Å²) < 4.78 is 33.4. The SMILES string of the molecule is CCCCC/C=C\C/C=C\C/C=C\CC(O)C(O)CCCC(=O)O[C@H](COC(=O)CCCCCCCCC/C=C\C/C=C\CCCCC)COP(=O)(O)OC1[C@H](O)[C@H](O)C(O)[C@H](O)[C@H]1O. The number of unbranched alkanes of at least 4 members (excludes halogenated alkanes) is 13. The molecule has 8 N–H and O–H groups in total. The van der Waals surface area contributed by atoms with Crippen LogP contribution in [0.15, 0.2) is 60.8 Å². The van der Waals surface area contributed by atoms with Crippen LogP contribution in [-0.4, -0.2) is 121 Å². The standard InChI is InChI=1S/C49H85O15P/c1-3-5-7-9-11-13-15-17-18-19-20-21-23-25-27-29-31-35-42(52)61-37-39(38-62-65(59,60)64-49-47(57)45(55)44(54)46(56)48(49)58)63-43(53)36-32-34-41(51)40(50)33-30-28-26-24-22-16-14-12-10-8-6-4-2/h11-14,17-18,22,24,28,30,39-41,44-51,54-58H,3-10,15-16,19-21,23,25-27,29,31-38H2,1-2H3,(H,59,60)/b13-11-,14-12-,18-17-,24-22-,30-28-/t39-,40?,41?,44?,45-,46+,47-,48-,49?/m1/s1. The molecule has 0 bridgehead atoms. The quantitative estimate of drug-likeness (QED) is 0.0127. The normalized spacial score (nSPS) is 22.9. The Labute approximate surface area is 388 Å². The third-order valence-electron chi connectivity index (χ3n) is 11.0. The van der Waals surface area contributed by atoms with Gasteiger partial charge in [-0.2, -0.15) is 0 Å². The molecule has 0 heterocycles. The highest BCUT2D eigenvalue weighted by Gasteiger charge is 2.51. The Bertz CT molecular complexity index is 1400. The van der Waals surface area contributed by atoms with Crippen LogP contribution in [0.2, 0.25) is 0 Å². The molecule has 1 aliphatic rings. The molecule has 0 aliphatic heterocycles. The molecule has 1 rings (SSSR count). The number of carbonyl (C=O) groups excluding carboxylic acids is 2. The largest absolute Gasteiger partial charge is 0.472 e. The number of rotatable bonds is 39. The monoisotopic (exact) mass is 945 g/mol. The molecule has 1 aliphatic carbocycles. The van der Waals surface area contributed by atoms with Crippen LogP contribution >= 0.6 is 7.82 Å². The predicted molar refractivity (Wildman–Crippen MR) is 251 cm³/mol. The van der Waals surface area contributed by atoms with E-state index in [1.807, 2.05) is 12.2 Å². The summed E-state index contributed by atoms with van der Waals surface area (Å²) in [6, 6.07) is 0. The van der Waals surface area contributed by atoms with E-state index >= 15 is 0 Å². The Balaban J connectivity index is 2.56. The van der Waals surface area contributed by atoms with Gasteiger partial charge in [0.2, 0.25) is 0 Å². The molecule has 0 amide bonds. The minimum Gasteiger partial charge on any atom is -0.462 e. The molecule has 10 atom stereocenters. The second-order valence-electron chi connectivity index (χ2n) is 16.9. The molecule has 376 valence electrons. The second kappa shape index (κ2) is 38.4. The molecule has 16 heteroatoms. The van der Waals surface area contributed by atoms with Gasteiger partial charge in [-0.25, -0.2) is 4.57 Å².